The minimum Gasteiger partial charge on any atom is -0.508 e. The summed E-state index contributed by atoms with van der Waals surface area (Å²) in [6.45, 7) is 6.61. The van der Waals surface area contributed by atoms with Crippen LogP contribution in [-0.4, -0.2) is 293 Å². The summed E-state index contributed by atoms with van der Waals surface area (Å²) in [6.07, 6.45) is 4.46. The number of H-pyrrole nitrogens is 2. The molecular formula is C81H118N20O19S. The Hall–Kier alpha value is -11.7. The zero-order chi connectivity index (χ0) is 88.9. The Morgan fingerprint density at radius 3 is 1.85 bits per heavy atom. The second-order valence-electron chi connectivity index (χ2n) is 31.3. The van der Waals surface area contributed by atoms with Gasteiger partial charge >= 0.3 is 5.97 Å². The second kappa shape index (κ2) is 46.8. The molecule has 5 heterocycles. The number of aliphatic hydroxyl groups excluding tert-OH is 1. The molecule has 662 valence electrons. The zero-order valence-corrected chi connectivity index (χ0v) is 70.5. The minimum absolute atomic E-state index is 0.00355. The number of thioether (sulfide) groups is 1. The number of unbranched alkanes of at least 4 members (excludes halogenated alkanes) is 2. The Labute approximate surface area is 705 Å². The van der Waals surface area contributed by atoms with Gasteiger partial charge in [-0.15, -0.1) is 11.8 Å². The number of hydrogen-bond donors (Lipinski definition) is 17. The monoisotopic (exact) mass is 1710 g/mol. The van der Waals surface area contributed by atoms with Crippen LogP contribution in [0.1, 0.15) is 148 Å². The topological polar surface area (TPSA) is 579 Å². The molecule has 1 unspecified atom stereocenters. The number of para-hydroxylation sites is 1. The molecule has 13 atom stereocenters. The molecule has 2 aromatic heterocycles. The van der Waals surface area contributed by atoms with Crippen LogP contribution in [0.15, 0.2) is 67.3 Å². The fraction of sp³-hybridized carbons (Fsp3) is 0.580. The van der Waals surface area contributed by atoms with E-state index in [0.717, 1.165) is 31.4 Å². The SMILES string of the molecule is CCCC[C@H]1C(=O)N(C)[C@@H](CCCC)C(=O)N[C@@H](CCCNC(=N)N)C(=O)N[C@H](C(=O)NCC(N)=O)CSCC(=O)N[C@@H](Cc2ccc(O)cc2)C(=O)N(C)[C@@H](C)C(=O)N[C@@H](CCC(=O)O)C(=O)N2CCC[C@H]2C(=O)N[C@@H](Cc2cnc[nH]2)C(=O)N[C@@H](CC(C)C)C(=O)N2CCC[C@H]2C(=O)C(CO)C(=O)N[C@@H](Cc2c[nH]c3ccccc23)C(=O)N1C. The molecular weight excluding hydrogens is 1590 g/mol. The summed E-state index contributed by atoms with van der Waals surface area (Å²) in [4.78, 5) is 249. The molecule has 7 rings (SSSR count). The number of primary amides is 1. The van der Waals surface area contributed by atoms with Gasteiger partial charge in [-0.2, -0.15) is 0 Å². The second-order valence-corrected chi connectivity index (χ2v) is 32.3. The van der Waals surface area contributed by atoms with Gasteiger partial charge in [0.15, 0.2) is 11.7 Å². The van der Waals surface area contributed by atoms with E-state index < -0.39 is 216 Å². The van der Waals surface area contributed by atoms with E-state index in [0.29, 0.717) is 53.4 Å². The maximum atomic E-state index is 15.6. The Balaban J connectivity index is 1.31. The number of imidazole rings is 1. The van der Waals surface area contributed by atoms with Crippen molar-refractivity contribution in [1.82, 2.24) is 87.3 Å². The van der Waals surface area contributed by atoms with Crippen LogP contribution in [0.5, 0.6) is 5.75 Å². The lowest BCUT2D eigenvalue weighted by Gasteiger charge is -2.36. The molecule has 0 aliphatic carbocycles. The van der Waals surface area contributed by atoms with E-state index in [2.05, 4.69) is 62.8 Å². The molecule has 19 N–H and O–H groups in total. The number of ketones is 1. The van der Waals surface area contributed by atoms with Crippen LogP contribution in [0.25, 0.3) is 10.9 Å². The van der Waals surface area contributed by atoms with E-state index >= 15 is 28.8 Å². The first-order valence-corrected chi connectivity index (χ1v) is 42.1. The summed E-state index contributed by atoms with van der Waals surface area (Å²) in [5.41, 5.74) is 13.0. The van der Waals surface area contributed by atoms with E-state index in [9.17, 15) is 63.3 Å². The first-order valence-electron chi connectivity index (χ1n) is 41.0. The van der Waals surface area contributed by atoms with E-state index in [4.69, 9.17) is 16.9 Å². The summed E-state index contributed by atoms with van der Waals surface area (Å²) in [6, 6.07) is -4.90. The Bertz CT molecular complexity index is 4320. The van der Waals surface area contributed by atoms with Crippen LogP contribution in [0, 0.1) is 17.2 Å². The van der Waals surface area contributed by atoms with Crippen molar-refractivity contribution in [3.8, 4) is 5.75 Å². The number of fused-ring (bicyclic) bond motifs is 3. The molecule has 0 saturated carbocycles. The number of aromatic nitrogens is 3. The number of phenols is 1. The highest BCUT2D eigenvalue weighted by Crippen LogP contribution is 2.28. The van der Waals surface area contributed by atoms with Gasteiger partial charge < -0.3 is 109 Å². The number of benzene rings is 2. The molecule has 0 bridgehead atoms. The van der Waals surface area contributed by atoms with E-state index in [-0.39, 0.29) is 108 Å². The first kappa shape index (κ1) is 96.4. The lowest BCUT2D eigenvalue weighted by atomic mass is 9.94. The standard InChI is InChI=1S/C81H118N20O19S/c1-9-11-21-62-74(114)91-54(20-15-31-86-81(83)84)72(112)96-60(71(111)88-40-65(82)104)42-121-43-66(105)90-58(35-47-25-27-50(103)28-26-47)76(116)97(6)46(5)69(109)92-55(29-30-67(106)107)78(118)101-33-17-24-63(101)75(115)93-56(37-49-39-85-44-89-49)73(113)95-57(34-45(3)4)79(119)100-32-16-23-61(100)68(108)52(41-102)70(110)94-59(36-48-38-87-53-19-14-13-18-51(48)53)77(117)99(8)64(22-12-10-2)80(120)98(62)7/h13-14,18-19,25-28,38-39,44-46,52,54-64,87,102-103H,9-12,15-17,20-24,29-37,40-43H2,1-8H3,(H2,82,104)(H,85,89)(H,88,111)(H,90,105)(H,91,114)(H,92,109)(H,93,115)(H,94,110)(H,95,113)(H,96,112)(H,106,107)(H4,83,84,86)/t46-,52?,54-,55-,56-,57-,58-,59-,60-,61-,62-,63-,64-/m0/s1. The highest BCUT2D eigenvalue weighted by Gasteiger charge is 2.46. The molecule has 3 aliphatic heterocycles. The number of aromatic hydroxyl groups is 1. The molecule has 2 aromatic carbocycles. The molecule has 3 fully saturated rings. The molecule has 39 nitrogen and oxygen atoms in total. The molecule has 40 heteroatoms. The number of carboxylic acids is 1. The summed E-state index contributed by atoms with van der Waals surface area (Å²) in [7, 11) is 3.94. The van der Waals surface area contributed by atoms with E-state index in [1.165, 1.54) is 69.8 Å². The minimum atomic E-state index is -1.91. The largest absolute Gasteiger partial charge is 0.508 e. The van der Waals surface area contributed by atoms with E-state index in [1.54, 1.807) is 44.3 Å². The molecule has 3 aliphatic rings. The van der Waals surface area contributed by atoms with Crippen LogP contribution < -0.4 is 59.3 Å². The average molecular weight is 1710 g/mol. The third-order valence-electron chi connectivity index (χ3n) is 21.9. The molecule has 4 aromatic rings. The van der Waals surface area contributed by atoms with Gasteiger partial charge in [-0.05, 0) is 106 Å². The van der Waals surface area contributed by atoms with Gasteiger partial charge in [0.1, 0.15) is 78.1 Å². The summed E-state index contributed by atoms with van der Waals surface area (Å²) >= 11 is 0.775. The smallest absolute Gasteiger partial charge is 0.303 e. The predicted molar refractivity (Wildman–Crippen MR) is 444 cm³/mol. The third kappa shape index (κ3) is 27.7. The average Bonchev–Trinajstić information content (AvgIpc) is 1.78. The van der Waals surface area contributed by atoms with Crippen LogP contribution >= 0.6 is 11.8 Å². The number of hydrogen-bond acceptors (Lipinski definition) is 21. The molecule has 3 saturated heterocycles. The highest BCUT2D eigenvalue weighted by molar-refractivity contribution is 8.00. The number of nitrogens with zero attached hydrogens (tertiary/aromatic N) is 6. The van der Waals surface area contributed by atoms with Crippen molar-refractivity contribution < 1.29 is 92.0 Å². The number of aliphatic hydroxyl groups is 1. The van der Waals surface area contributed by atoms with Crippen LogP contribution in [0.4, 0.5) is 0 Å². The van der Waals surface area contributed by atoms with Gasteiger partial charge in [0.25, 0.3) is 0 Å². The Morgan fingerprint density at radius 2 is 1.21 bits per heavy atom. The summed E-state index contributed by atoms with van der Waals surface area (Å²) in [5, 5.41) is 63.6. The number of nitrogens with one attached hydrogen (secondary N) is 12. The summed E-state index contributed by atoms with van der Waals surface area (Å²) < 4.78 is 0. The lowest BCUT2D eigenvalue weighted by Crippen LogP contribution is -2.60. The van der Waals surface area contributed by atoms with Crippen molar-refractivity contribution in [1.29, 1.82) is 5.41 Å². The van der Waals surface area contributed by atoms with Crippen molar-refractivity contribution in [2.24, 2.45) is 23.3 Å². The maximum Gasteiger partial charge on any atom is 0.303 e. The summed E-state index contributed by atoms with van der Waals surface area (Å²) in [5.74, 6) is -18.5. The van der Waals surface area contributed by atoms with Crippen molar-refractivity contribution >= 4 is 123 Å². The van der Waals surface area contributed by atoms with Gasteiger partial charge in [-0.1, -0.05) is 83.7 Å². The number of guanidine groups is 1. The van der Waals surface area contributed by atoms with Crippen molar-refractivity contribution in [3.63, 3.8) is 0 Å². The number of aromatic amines is 2. The quantitative estimate of drug-likeness (QED) is 0.0157. The number of nitrogens with two attached hydrogens (primary N) is 2. The van der Waals surface area contributed by atoms with E-state index in [1.807, 2.05) is 13.8 Å². The van der Waals surface area contributed by atoms with Crippen molar-refractivity contribution in [3.05, 3.63) is 84.1 Å². The number of amides is 14. The predicted octanol–water partition coefficient (Wildman–Crippen LogP) is -1.42. The van der Waals surface area contributed by atoms with Crippen LogP contribution in [0.2, 0.25) is 0 Å². The number of rotatable bonds is 25. The number of Topliss-reactive ketones (excluding diaryl/α,β-unsaturated/α-hetero) is 1. The molecule has 14 amide bonds. The zero-order valence-electron chi connectivity index (χ0n) is 69.7. The van der Waals surface area contributed by atoms with Gasteiger partial charge in [0.2, 0.25) is 82.7 Å². The van der Waals surface area contributed by atoms with Gasteiger partial charge in [-0.3, -0.25) is 82.1 Å². The van der Waals surface area contributed by atoms with Crippen LogP contribution in [0.3, 0.4) is 0 Å². The number of phenolic OH excluding ortho intramolecular Hbond substituents is 1. The number of carbonyl (C=O) groups excluding carboxylic acids is 15. The fourth-order valence-corrected chi connectivity index (χ4v) is 15.9. The van der Waals surface area contributed by atoms with Crippen molar-refractivity contribution in [2.75, 3.05) is 65.4 Å². The molecule has 0 radical (unpaired) electrons. The molecule has 0 spiro atoms. The number of carboxylic acid groups (broad SMARTS) is 1. The Kier molecular flexibility index (Phi) is 37.3. The third-order valence-corrected chi connectivity index (χ3v) is 22.9. The lowest BCUT2D eigenvalue weighted by molar-refractivity contribution is -0.150. The normalized spacial score (nSPS) is 24.7. The number of aliphatic carboxylic acids is 1. The number of carbonyl (C=O) groups is 16. The highest BCUT2D eigenvalue weighted by atomic mass is 32.2. The number of likely N-dealkylation sites (N-methyl/N-ethyl adjacent to an activating group) is 3. The van der Waals surface area contributed by atoms with Gasteiger partial charge in [-0.25, -0.2) is 4.98 Å². The molecule has 121 heavy (non-hydrogen) atoms. The maximum absolute atomic E-state index is 15.6. The van der Waals surface area contributed by atoms with Crippen LogP contribution in [-0.2, 0) is 96.0 Å². The Morgan fingerprint density at radius 1 is 0.620 bits per heavy atom. The first-order chi connectivity index (χ1) is 57.6. The fourth-order valence-electron chi connectivity index (χ4n) is 15.0. The van der Waals surface area contributed by atoms with Crippen molar-refractivity contribution in [2.45, 2.75) is 223 Å². The van der Waals surface area contributed by atoms with Gasteiger partial charge in [0, 0.05) is 101 Å². The van der Waals surface area contributed by atoms with Gasteiger partial charge in [0.05, 0.1) is 31.3 Å².